The van der Waals surface area contributed by atoms with Crippen molar-refractivity contribution < 1.29 is 9.90 Å². The number of aliphatic hydroxyl groups excluding tert-OH is 1. The number of carbonyl (C=O) groups excluding carboxylic acids is 1. The van der Waals surface area contributed by atoms with Crippen LogP contribution in [0.4, 0.5) is 5.69 Å². The first-order valence-corrected chi connectivity index (χ1v) is 7.50. The van der Waals surface area contributed by atoms with Crippen LogP contribution in [0.15, 0.2) is 24.3 Å². The molecule has 0 heterocycles. The molecule has 110 valence electrons. The molecule has 0 spiro atoms. The zero-order valence-corrected chi connectivity index (χ0v) is 12.2. The highest BCUT2D eigenvalue weighted by molar-refractivity contribution is 6.30. The Balaban J connectivity index is 1.79. The predicted octanol–water partition coefficient (Wildman–Crippen LogP) is 2.56. The molecule has 1 aliphatic carbocycles. The molecule has 1 amide bonds. The number of carbonyl (C=O) groups is 1. The van der Waals surface area contributed by atoms with Crippen molar-refractivity contribution in [3.05, 3.63) is 29.3 Å². The van der Waals surface area contributed by atoms with Crippen molar-refractivity contribution in [3.63, 3.8) is 0 Å². The minimum atomic E-state index is -0.350. The van der Waals surface area contributed by atoms with E-state index in [0.717, 1.165) is 32.1 Å². The molecule has 1 aromatic rings. The third-order valence-corrected chi connectivity index (χ3v) is 3.85. The average Bonchev–Trinajstić information content (AvgIpc) is 2.61. The van der Waals surface area contributed by atoms with E-state index in [1.54, 1.807) is 24.3 Å². The van der Waals surface area contributed by atoms with Crippen molar-refractivity contribution in [1.29, 1.82) is 0 Å². The number of benzene rings is 1. The number of hydrogen-bond acceptors (Lipinski definition) is 3. The van der Waals surface area contributed by atoms with Gasteiger partial charge in [-0.15, -0.1) is 0 Å². The van der Waals surface area contributed by atoms with Crippen molar-refractivity contribution in [2.75, 3.05) is 11.9 Å². The monoisotopic (exact) mass is 296 g/mol. The molecule has 2 rings (SSSR count). The summed E-state index contributed by atoms with van der Waals surface area (Å²) < 4.78 is 0. The largest absolute Gasteiger partial charge is 0.392 e. The van der Waals surface area contributed by atoms with Gasteiger partial charge in [0.05, 0.1) is 12.6 Å². The quantitative estimate of drug-likeness (QED) is 0.748. The van der Waals surface area contributed by atoms with Gasteiger partial charge in [-0.1, -0.05) is 36.9 Å². The number of amides is 1. The van der Waals surface area contributed by atoms with Gasteiger partial charge in [-0.2, -0.15) is 0 Å². The second kappa shape index (κ2) is 7.62. The van der Waals surface area contributed by atoms with Crippen molar-refractivity contribution >= 4 is 23.2 Å². The van der Waals surface area contributed by atoms with Crippen molar-refractivity contribution in [2.24, 2.45) is 0 Å². The molecule has 0 radical (unpaired) electrons. The maximum atomic E-state index is 11.9. The van der Waals surface area contributed by atoms with E-state index in [-0.39, 0.29) is 24.6 Å². The second-order valence-corrected chi connectivity index (χ2v) is 5.69. The van der Waals surface area contributed by atoms with Gasteiger partial charge in [0.2, 0.25) is 5.91 Å². The Kier molecular flexibility index (Phi) is 5.83. The highest BCUT2D eigenvalue weighted by Gasteiger charge is 2.21. The maximum Gasteiger partial charge on any atom is 0.238 e. The van der Waals surface area contributed by atoms with E-state index < -0.39 is 0 Å². The standard InChI is InChI=1S/C15H21ClN2O2/c16-11-5-4-6-12(9-11)18-15(20)10-17-13-7-2-1-3-8-14(13)19/h4-6,9,13-14,17,19H,1-3,7-8,10H2,(H,18,20). The highest BCUT2D eigenvalue weighted by atomic mass is 35.5. The first-order valence-electron chi connectivity index (χ1n) is 7.12. The Bertz CT molecular complexity index is 453. The molecule has 2 unspecified atom stereocenters. The summed E-state index contributed by atoms with van der Waals surface area (Å²) >= 11 is 5.86. The topological polar surface area (TPSA) is 61.4 Å². The van der Waals surface area contributed by atoms with Gasteiger partial charge in [0.25, 0.3) is 0 Å². The summed E-state index contributed by atoms with van der Waals surface area (Å²) in [6.45, 7) is 0.203. The lowest BCUT2D eigenvalue weighted by molar-refractivity contribution is -0.115. The number of anilines is 1. The second-order valence-electron chi connectivity index (χ2n) is 5.25. The van der Waals surface area contributed by atoms with Crippen LogP contribution in [0.1, 0.15) is 32.1 Å². The number of hydrogen-bond donors (Lipinski definition) is 3. The Hall–Kier alpha value is -1.10. The summed E-state index contributed by atoms with van der Waals surface area (Å²) in [5.41, 5.74) is 0.686. The Morgan fingerprint density at radius 2 is 2.10 bits per heavy atom. The van der Waals surface area contributed by atoms with Crippen LogP contribution >= 0.6 is 11.6 Å². The predicted molar refractivity (Wildman–Crippen MR) is 81.0 cm³/mol. The molecule has 3 N–H and O–H groups in total. The Morgan fingerprint density at radius 1 is 1.30 bits per heavy atom. The van der Waals surface area contributed by atoms with Crippen LogP contribution in [0.2, 0.25) is 5.02 Å². The van der Waals surface area contributed by atoms with Crippen LogP contribution in [-0.4, -0.2) is 29.7 Å². The zero-order chi connectivity index (χ0) is 14.4. The Morgan fingerprint density at radius 3 is 2.90 bits per heavy atom. The minimum Gasteiger partial charge on any atom is -0.392 e. The van der Waals surface area contributed by atoms with Gasteiger partial charge in [-0.3, -0.25) is 4.79 Å². The number of aliphatic hydroxyl groups is 1. The highest BCUT2D eigenvalue weighted by Crippen LogP contribution is 2.18. The molecular formula is C15H21ClN2O2. The van der Waals surface area contributed by atoms with Crippen LogP contribution < -0.4 is 10.6 Å². The van der Waals surface area contributed by atoms with Crippen LogP contribution in [-0.2, 0) is 4.79 Å². The van der Waals surface area contributed by atoms with E-state index in [1.807, 2.05) is 0 Å². The van der Waals surface area contributed by atoms with Crippen LogP contribution in [0.25, 0.3) is 0 Å². The smallest absolute Gasteiger partial charge is 0.238 e. The molecule has 0 aromatic heterocycles. The van der Waals surface area contributed by atoms with Gasteiger partial charge < -0.3 is 15.7 Å². The molecule has 20 heavy (non-hydrogen) atoms. The molecular weight excluding hydrogens is 276 g/mol. The molecule has 1 fully saturated rings. The van der Waals surface area contributed by atoms with E-state index in [2.05, 4.69) is 10.6 Å². The molecule has 0 aliphatic heterocycles. The van der Waals surface area contributed by atoms with Gasteiger partial charge in [-0.25, -0.2) is 0 Å². The van der Waals surface area contributed by atoms with Gasteiger partial charge in [0.1, 0.15) is 0 Å². The molecule has 1 aliphatic rings. The van der Waals surface area contributed by atoms with E-state index >= 15 is 0 Å². The fourth-order valence-corrected chi connectivity index (χ4v) is 2.71. The first-order chi connectivity index (χ1) is 9.65. The molecule has 1 saturated carbocycles. The number of rotatable bonds is 4. The summed E-state index contributed by atoms with van der Waals surface area (Å²) in [6, 6.07) is 7.07. The lowest BCUT2D eigenvalue weighted by Crippen LogP contribution is -2.42. The van der Waals surface area contributed by atoms with E-state index in [4.69, 9.17) is 11.6 Å². The molecule has 1 aromatic carbocycles. The van der Waals surface area contributed by atoms with E-state index in [9.17, 15) is 9.90 Å². The fraction of sp³-hybridized carbons (Fsp3) is 0.533. The summed E-state index contributed by atoms with van der Waals surface area (Å²) in [5.74, 6) is -0.122. The van der Waals surface area contributed by atoms with Crippen LogP contribution in [0, 0.1) is 0 Å². The number of nitrogens with one attached hydrogen (secondary N) is 2. The lowest BCUT2D eigenvalue weighted by Gasteiger charge is -2.21. The fourth-order valence-electron chi connectivity index (χ4n) is 2.52. The molecule has 0 saturated heterocycles. The summed E-state index contributed by atoms with van der Waals surface area (Å²) in [4.78, 5) is 11.9. The minimum absolute atomic E-state index is 0.0163. The summed E-state index contributed by atoms with van der Waals surface area (Å²) in [5, 5.41) is 16.5. The maximum absolute atomic E-state index is 11.9. The number of halogens is 1. The molecule has 5 heteroatoms. The van der Waals surface area contributed by atoms with Crippen LogP contribution in [0.3, 0.4) is 0 Å². The molecule has 4 nitrogen and oxygen atoms in total. The SMILES string of the molecule is O=C(CNC1CCCCCC1O)Nc1cccc(Cl)c1. The van der Waals surface area contributed by atoms with Gasteiger partial charge >= 0.3 is 0 Å². The van der Waals surface area contributed by atoms with E-state index in [0.29, 0.717) is 10.7 Å². The molecule has 2 atom stereocenters. The van der Waals surface area contributed by atoms with Gasteiger partial charge in [0, 0.05) is 16.8 Å². The normalized spacial score (nSPS) is 23.1. The Labute approximate surface area is 124 Å². The molecule has 0 bridgehead atoms. The van der Waals surface area contributed by atoms with Crippen molar-refractivity contribution in [1.82, 2.24) is 5.32 Å². The third-order valence-electron chi connectivity index (χ3n) is 3.61. The van der Waals surface area contributed by atoms with Crippen molar-refractivity contribution in [3.8, 4) is 0 Å². The van der Waals surface area contributed by atoms with Gasteiger partial charge in [-0.05, 0) is 31.0 Å². The van der Waals surface area contributed by atoms with Gasteiger partial charge in [0.15, 0.2) is 0 Å². The summed E-state index contributed by atoms with van der Waals surface area (Å²) in [6.07, 6.45) is 4.71. The lowest BCUT2D eigenvalue weighted by atomic mass is 10.1. The summed E-state index contributed by atoms with van der Waals surface area (Å²) in [7, 11) is 0. The van der Waals surface area contributed by atoms with Crippen LogP contribution in [0.5, 0.6) is 0 Å². The van der Waals surface area contributed by atoms with Crippen molar-refractivity contribution in [2.45, 2.75) is 44.2 Å². The average molecular weight is 297 g/mol. The van der Waals surface area contributed by atoms with E-state index in [1.165, 1.54) is 0 Å². The zero-order valence-electron chi connectivity index (χ0n) is 11.4. The first kappa shape index (κ1) is 15.3. The third kappa shape index (κ3) is 4.78.